The molecule has 0 bridgehead atoms. The first-order valence-corrected chi connectivity index (χ1v) is 10.4. The van der Waals surface area contributed by atoms with Crippen LogP contribution in [0, 0.1) is 0 Å². The highest BCUT2D eigenvalue weighted by atomic mass is 32.2. The minimum absolute atomic E-state index is 0.103. The molecular formula is C18H28NO5S+. The lowest BCUT2D eigenvalue weighted by Gasteiger charge is -2.13. The highest BCUT2D eigenvalue weighted by Crippen LogP contribution is 2.18. The van der Waals surface area contributed by atoms with Crippen molar-refractivity contribution < 1.29 is 24.1 Å². The Morgan fingerprint density at radius 1 is 1.24 bits per heavy atom. The zero-order chi connectivity index (χ0) is 18.7. The molecule has 0 aliphatic rings. The van der Waals surface area contributed by atoms with Crippen molar-refractivity contribution in [3.8, 4) is 5.75 Å². The summed E-state index contributed by atoms with van der Waals surface area (Å²) in [6, 6.07) is 6.99. The molecule has 25 heavy (non-hydrogen) atoms. The molecule has 7 heteroatoms. The van der Waals surface area contributed by atoms with Crippen molar-refractivity contribution in [3.63, 3.8) is 0 Å². The van der Waals surface area contributed by atoms with E-state index in [2.05, 4.69) is 17.5 Å². The summed E-state index contributed by atoms with van der Waals surface area (Å²) in [7, 11) is 0.245. The van der Waals surface area contributed by atoms with Gasteiger partial charge in [0, 0.05) is 13.0 Å². The van der Waals surface area contributed by atoms with Gasteiger partial charge in [-0.3, -0.25) is 4.99 Å². The van der Waals surface area contributed by atoms with Crippen molar-refractivity contribution in [2.24, 2.45) is 4.99 Å². The molecule has 140 valence electrons. The molecule has 0 saturated heterocycles. The van der Waals surface area contributed by atoms with Crippen LogP contribution in [0.25, 0.3) is 0 Å². The van der Waals surface area contributed by atoms with Crippen LogP contribution >= 0.6 is 0 Å². The largest absolute Gasteiger partial charge is 0.862 e. The van der Waals surface area contributed by atoms with Crippen molar-refractivity contribution in [2.45, 2.75) is 26.4 Å². The predicted molar refractivity (Wildman–Crippen MR) is 102 cm³/mol. The maximum absolute atomic E-state index is 11.8. The van der Waals surface area contributed by atoms with E-state index in [1.807, 2.05) is 6.92 Å². The van der Waals surface area contributed by atoms with Crippen LogP contribution in [0.15, 0.2) is 29.3 Å². The first kappa shape index (κ1) is 21.3. The first-order chi connectivity index (χ1) is 11.9. The van der Waals surface area contributed by atoms with Gasteiger partial charge in [-0.15, -0.1) is 0 Å². The summed E-state index contributed by atoms with van der Waals surface area (Å²) in [6.07, 6.45) is 4.30. The fraction of sp³-hybridized carbons (Fsp3) is 0.556. The predicted octanol–water partition coefficient (Wildman–Crippen LogP) is 1.67. The second-order valence-electron chi connectivity index (χ2n) is 5.67. The number of nitrogens with zero attached hydrogens (tertiary/aromatic N) is 1. The van der Waals surface area contributed by atoms with Gasteiger partial charge in [0.1, 0.15) is 18.1 Å². The molecular weight excluding hydrogens is 342 g/mol. The average Bonchev–Trinajstić information content (AvgIpc) is 2.56. The van der Waals surface area contributed by atoms with Gasteiger partial charge in [0.05, 0.1) is 25.1 Å². The fourth-order valence-corrected chi connectivity index (χ4v) is 2.49. The Kier molecular flexibility index (Phi) is 10.0. The van der Waals surface area contributed by atoms with Crippen LogP contribution in [-0.2, 0) is 20.4 Å². The Morgan fingerprint density at radius 3 is 2.48 bits per heavy atom. The third-order valence-corrected chi connectivity index (χ3v) is 4.12. The minimum atomic E-state index is -0.396. The molecule has 0 aliphatic heterocycles. The number of esters is 1. The smallest absolute Gasteiger partial charge is 0.479 e. The minimum Gasteiger partial charge on any atom is -0.862 e. The average molecular weight is 370 g/mol. The van der Waals surface area contributed by atoms with E-state index in [-0.39, 0.29) is 29.4 Å². The summed E-state index contributed by atoms with van der Waals surface area (Å²) < 4.78 is 16.2. The molecule has 0 fully saturated rings. The number of hydrogen-bond donors (Lipinski definition) is 0. The molecule has 0 unspecified atom stereocenters. The van der Waals surface area contributed by atoms with E-state index in [4.69, 9.17) is 14.2 Å². The molecule has 0 aromatic heterocycles. The quantitative estimate of drug-likeness (QED) is 0.257. The van der Waals surface area contributed by atoms with Crippen LogP contribution in [-0.4, -0.2) is 60.9 Å². The topological polar surface area (TPSA) is 84.5 Å². The normalized spacial score (nSPS) is 12.9. The Balaban J connectivity index is 2.54. The van der Waals surface area contributed by atoms with Crippen molar-refractivity contribution in [1.29, 1.82) is 0 Å². The lowest BCUT2D eigenvalue weighted by Crippen LogP contribution is -2.29. The number of rotatable bonds is 11. The van der Waals surface area contributed by atoms with E-state index in [1.54, 1.807) is 24.3 Å². The van der Waals surface area contributed by atoms with Crippen LogP contribution in [0.3, 0.4) is 0 Å². The van der Waals surface area contributed by atoms with Gasteiger partial charge in [0.15, 0.2) is 6.61 Å². The van der Waals surface area contributed by atoms with E-state index in [1.165, 1.54) is 6.92 Å². The molecule has 1 atom stereocenters. The van der Waals surface area contributed by atoms with Gasteiger partial charge < -0.3 is 24.1 Å². The molecule has 1 aromatic carbocycles. The van der Waals surface area contributed by atoms with Crippen molar-refractivity contribution >= 4 is 28.4 Å². The summed E-state index contributed by atoms with van der Waals surface area (Å²) in [4.78, 5) is 13.3. The van der Waals surface area contributed by atoms with E-state index in [0.717, 1.165) is 5.75 Å². The zero-order valence-corrected chi connectivity index (χ0v) is 16.2. The lowest BCUT2D eigenvalue weighted by molar-refractivity contribution is -0.217. The number of ether oxygens (including phenoxy) is 3. The third-order valence-electron chi connectivity index (χ3n) is 3.10. The lowest BCUT2D eigenvalue weighted by atomic mass is 10.3. The van der Waals surface area contributed by atoms with Crippen molar-refractivity contribution in [1.82, 2.24) is 0 Å². The number of hydrogen-bond acceptors (Lipinski definition) is 5. The van der Waals surface area contributed by atoms with Gasteiger partial charge in [-0.1, -0.05) is 0 Å². The number of carbonyl (C=O) groups excluding carboxylic acids is 1. The molecule has 0 aliphatic carbocycles. The summed E-state index contributed by atoms with van der Waals surface area (Å²) in [5, 5.41) is 11.8. The van der Waals surface area contributed by atoms with Crippen LogP contribution in [0.4, 0.5) is 5.69 Å². The molecule has 1 aromatic rings. The summed E-state index contributed by atoms with van der Waals surface area (Å²) >= 11 is 0. The Morgan fingerprint density at radius 2 is 1.92 bits per heavy atom. The van der Waals surface area contributed by atoms with E-state index in [0.29, 0.717) is 31.1 Å². The maximum Gasteiger partial charge on any atom is 0.479 e. The highest BCUT2D eigenvalue weighted by molar-refractivity contribution is 7.95. The van der Waals surface area contributed by atoms with Crippen molar-refractivity contribution in [3.05, 3.63) is 24.3 Å². The molecule has 0 spiro atoms. The SMILES string of the molecule is CCOC[C@@H](COc1ccc(N=C([O-])CC[S+](C)C)cc1)OC(C)=[OH+]. The second-order valence-corrected chi connectivity index (χ2v) is 8.05. The van der Waals surface area contributed by atoms with Crippen LogP contribution in [0.5, 0.6) is 5.75 Å². The van der Waals surface area contributed by atoms with Gasteiger partial charge in [-0.2, -0.15) is 0 Å². The number of aliphatic imine (C=N–C) groups is 1. The van der Waals surface area contributed by atoms with Gasteiger partial charge in [-0.25, -0.2) is 0 Å². The third kappa shape index (κ3) is 9.99. The standard InChI is InChI=1S/C18H27NO5S/c1-5-22-12-17(24-14(2)20)13-23-16-8-6-15(7-9-16)19-18(21)10-11-25(3)4/h6-9,17H,5,10-13H2,1-4H3/p+1/t17-/m0/s1. The second kappa shape index (κ2) is 11.8. The van der Waals surface area contributed by atoms with E-state index >= 15 is 0 Å². The van der Waals surface area contributed by atoms with Crippen LogP contribution in [0.1, 0.15) is 20.3 Å². The molecule has 6 nitrogen and oxygen atoms in total. The maximum atomic E-state index is 11.8. The summed E-state index contributed by atoms with van der Waals surface area (Å²) in [5.74, 6) is 1.28. The van der Waals surface area contributed by atoms with Gasteiger partial charge >= 0.3 is 5.97 Å². The van der Waals surface area contributed by atoms with Gasteiger partial charge in [0.25, 0.3) is 6.10 Å². The summed E-state index contributed by atoms with van der Waals surface area (Å²) in [6.45, 7) is 4.48. The van der Waals surface area contributed by atoms with Crippen LogP contribution in [0.2, 0.25) is 0 Å². The number of benzene rings is 1. The molecule has 0 amide bonds. The van der Waals surface area contributed by atoms with E-state index < -0.39 is 6.10 Å². The molecule has 0 radical (unpaired) electrons. The Bertz CT molecular complexity index is 545. The molecule has 0 heterocycles. The highest BCUT2D eigenvalue weighted by Gasteiger charge is 2.20. The summed E-state index contributed by atoms with van der Waals surface area (Å²) in [5.41, 5.74) is 0.617. The molecule has 1 N–H and O–H groups in total. The monoisotopic (exact) mass is 370 g/mol. The fourth-order valence-electron chi connectivity index (χ4n) is 1.90. The van der Waals surface area contributed by atoms with Gasteiger partial charge in [0.2, 0.25) is 0 Å². The van der Waals surface area contributed by atoms with Crippen LogP contribution < -0.4 is 9.84 Å². The Hall–Kier alpha value is -1.73. The zero-order valence-electron chi connectivity index (χ0n) is 15.4. The van der Waals surface area contributed by atoms with Crippen molar-refractivity contribution in [2.75, 3.05) is 38.1 Å². The van der Waals surface area contributed by atoms with E-state index in [9.17, 15) is 9.90 Å². The Labute approximate surface area is 152 Å². The van der Waals surface area contributed by atoms with Gasteiger partial charge in [-0.05, 0) is 48.0 Å². The molecule has 0 saturated carbocycles. The first-order valence-electron chi connectivity index (χ1n) is 8.19. The molecule has 1 rings (SSSR count).